The molecule has 0 aliphatic carbocycles. The van der Waals surface area contributed by atoms with Crippen molar-refractivity contribution in [1.29, 1.82) is 0 Å². The van der Waals surface area contributed by atoms with Crippen molar-refractivity contribution in [3.05, 3.63) is 69.8 Å². The van der Waals surface area contributed by atoms with Crippen LogP contribution in [-0.4, -0.2) is 34.6 Å². The first-order valence-corrected chi connectivity index (χ1v) is 10.7. The lowest BCUT2D eigenvalue weighted by Gasteiger charge is -2.32. The van der Waals surface area contributed by atoms with Gasteiger partial charge in [0.05, 0.1) is 5.56 Å². The van der Waals surface area contributed by atoms with E-state index < -0.39 is 0 Å². The molecule has 1 aromatic carbocycles. The van der Waals surface area contributed by atoms with Gasteiger partial charge in [0.15, 0.2) is 0 Å². The van der Waals surface area contributed by atoms with E-state index >= 15 is 0 Å². The number of hydrogen-bond donors (Lipinski definition) is 0. The molecule has 4 rings (SSSR count). The Morgan fingerprint density at radius 2 is 1.68 bits per heavy atom. The molecule has 0 atom stereocenters. The van der Waals surface area contributed by atoms with Crippen LogP contribution in [0.1, 0.15) is 34.6 Å². The van der Waals surface area contributed by atoms with Crippen LogP contribution in [0.5, 0.6) is 5.75 Å². The van der Waals surface area contributed by atoms with Gasteiger partial charge in [-0.15, -0.1) is 11.3 Å². The van der Waals surface area contributed by atoms with Gasteiger partial charge in [0.1, 0.15) is 16.9 Å². The van der Waals surface area contributed by atoms with Crippen LogP contribution in [-0.2, 0) is 0 Å². The lowest BCUT2D eigenvalue weighted by atomic mass is 10.1. The standard InChI is InChI=1S/C22H23ClN2O2S/c1-15-3-4-16(2)25(15)22-20(11-14-28-22)21(26)24-12-9-19(10-13-24)27-18-7-5-17(23)6-8-18/h3-8,11,14,19H,9-10,12-13H2,1-2H3. The first-order chi connectivity index (χ1) is 13.5. The molecule has 3 heterocycles. The molecule has 0 spiro atoms. The summed E-state index contributed by atoms with van der Waals surface area (Å²) in [6, 6.07) is 13.6. The molecule has 2 aromatic heterocycles. The number of ether oxygens (including phenoxy) is 1. The van der Waals surface area contributed by atoms with Crippen molar-refractivity contribution >= 4 is 28.8 Å². The Kier molecular flexibility index (Phi) is 5.47. The lowest BCUT2D eigenvalue weighted by molar-refractivity contribution is 0.0596. The summed E-state index contributed by atoms with van der Waals surface area (Å²) in [6.07, 6.45) is 1.78. The second kappa shape index (κ2) is 8.02. The lowest BCUT2D eigenvalue weighted by Crippen LogP contribution is -2.41. The van der Waals surface area contributed by atoms with Gasteiger partial charge in [-0.25, -0.2) is 0 Å². The fourth-order valence-corrected chi connectivity index (χ4v) is 4.81. The zero-order valence-electron chi connectivity index (χ0n) is 16.0. The molecule has 0 saturated carbocycles. The average Bonchev–Trinajstić information content (AvgIpc) is 3.30. The molecule has 1 amide bonds. The monoisotopic (exact) mass is 414 g/mol. The molecule has 1 aliphatic heterocycles. The maximum Gasteiger partial charge on any atom is 0.256 e. The van der Waals surface area contributed by atoms with Crippen LogP contribution in [0, 0.1) is 13.8 Å². The minimum atomic E-state index is 0.105. The minimum Gasteiger partial charge on any atom is -0.490 e. The van der Waals surface area contributed by atoms with E-state index in [0.717, 1.165) is 40.5 Å². The topological polar surface area (TPSA) is 34.5 Å². The number of halogens is 1. The third kappa shape index (κ3) is 3.82. The van der Waals surface area contributed by atoms with Crippen molar-refractivity contribution in [2.45, 2.75) is 32.8 Å². The van der Waals surface area contributed by atoms with Gasteiger partial charge in [0.2, 0.25) is 0 Å². The zero-order valence-corrected chi connectivity index (χ0v) is 17.6. The minimum absolute atomic E-state index is 0.105. The van der Waals surface area contributed by atoms with Crippen LogP contribution in [0.4, 0.5) is 0 Å². The summed E-state index contributed by atoms with van der Waals surface area (Å²) >= 11 is 7.54. The molecule has 1 aliphatic rings. The molecule has 1 saturated heterocycles. The Labute approximate surface area is 174 Å². The first kappa shape index (κ1) is 19.1. The van der Waals surface area contributed by atoms with Crippen LogP contribution in [0.25, 0.3) is 5.00 Å². The van der Waals surface area contributed by atoms with Crippen LogP contribution in [0.2, 0.25) is 5.02 Å². The van der Waals surface area contributed by atoms with Crippen molar-refractivity contribution in [2.24, 2.45) is 0 Å². The van der Waals surface area contributed by atoms with Crippen molar-refractivity contribution in [1.82, 2.24) is 9.47 Å². The highest BCUT2D eigenvalue weighted by Gasteiger charge is 2.27. The number of carbonyl (C=O) groups is 1. The number of thiophene rings is 1. The fourth-order valence-electron chi connectivity index (χ4n) is 3.68. The Balaban J connectivity index is 1.42. The van der Waals surface area contributed by atoms with Crippen molar-refractivity contribution in [3.63, 3.8) is 0 Å². The number of piperidine rings is 1. The largest absolute Gasteiger partial charge is 0.490 e. The number of nitrogens with zero attached hydrogens (tertiary/aromatic N) is 2. The molecular weight excluding hydrogens is 392 g/mol. The van der Waals surface area contributed by atoms with E-state index in [9.17, 15) is 4.79 Å². The van der Waals surface area contributed by atoms with Gasteiger partial charge in [0, 0.05) is 42.3 Å². The molecule has 4 nitrogen and oxygen atoms in total. The molecule has 1 fully saturated rings. The third-order valence-corrected chi connectivity index (χ3v) is 6.34. The zero-order chi connectivity index (χ0) is 19.7. The highest BCUT2D eigenvalue weighted by atomic mass is 35.5. The van der Waals surface area contributed by atoms with E-state index in [-0.39, 0.29) is 12.0 Å². The normalized spacial score (nSPS) is 15.0. The van der Waals surface area contributed by atoms with Crippen LogP contribution < -0.4 is 4.74 Å². The molecule has 0 unspecified atom stereocenters. The molecule has 0 bridgehead atoms. The van der Waals surface area contributed by atoms with Crippen molar-refractivity contribution in [2.75, 3.05) is 13.1 Å². The number of carbonyl (C=O) groups excluding carboxylic acids is 1. The molecule has 6 heteroatoms. The summed E-state index contributed by atoms with van der Waals surface area (Å²) in [6.45, 7) is 5.55. The predicted molar refractivity (Wildman–Crippen MR) is 114 cm³/mol. The smallest absolute Gasteiger partial charge is 0.256 e. The van der Waals surface area contributed by atoms with E-state index in [1.54, 1.807) is 11.3 Å². The number of aryl methyl sites for hydroxylation is 2. The highest BCUT2D eigenvalue weighted by molar-refractivity contribution is 7.13. The summed E-state index contributed by atoms with van der Waals surface area (Å²) in [5.74, 6) is 0.932. The van der Waals surface area contributed by atoms with Gasteiger partial charge in [-0.2, -0.15) is 0 Å². The van der Waals surface area contributed by atoms with E-state index in [1.807, 2.05) is 40.6 Å². The summed E-state index contributed by atoms with van der Waals surface area (Å²) < 4.78 is 8.21. The second-order valence-corrected chi connectivity index (χ2v) is 8.49. The quantitative estimate of drug-likeness (QED) is 0.565. The molecule has 146 valence electrons. The number of rotatable bonds is 4. The fraction of sp³-hybridized carbons (Fsp3) is 0.318. The number of hydrogen-bond acceptors (Lipinski definition) is 3. The molecule has 0 radical (unpaired) electrons. The van der Waals surface area contributed by atoms with Gasteiger partial charge in [0.25, 0.3) is 5.91 Å². The van der Waals surface area contributed by atoms with Crippen LogP contribution in [0.15, 0.2) is 47.8 Å². The molecule has 3 aromatic rings. The maximum atomic E-state index is 13.2. The summed E-state index contributed by atoms with van der Waals surface area (Å²) in [5, 5.41) is 3.70. The first-order valence-electron chi connectivity index (χ1n) is 9.47. The van der Waals surface area contributed by atoms with Crippen molar-refractivity contribution in [3.8, 4) is 10.8 Å². The Morgan fingerprint density at radius 1 is 1.04 bits per heavy atom. The molecular formula is C22H23ClN2O2S. The summed E-state index contributed by atoms with van der Waals surface area (Å²) in [4.78, 5) is 15.1. The number of aromatic nitrogens is 1. The number of amides is 1. The van der Waals surface area contributed by atoms with Gasteiger partial charge < -0.3 is 14.2 Å². The van der Waals surface area contributed by atoms with Gasteiger partial charge in [-0.1, -0.05) is 11.6 Å². The third-order valence-electron chi connectivity index (χ3n) is 5.20. The van der Waals surface area contributed by atoms with Crippen LogP contribution in [0.3, 0.4) is 0 Å². The number of benzene rings is 1. The van der Waals surface area contributed by atoms with E-state index in [4.69, 9.17) is 16.3 Å². The molecule has 0 N–H and O–H groups in total. The maximum absolute atomic E-state index is 13.2. The van der Waals surface area contributed by atoms with E-state index in [0.29, 0.717) is 18.1 Å². The Bertz CT molecular complexity index is 949. The van der Waals surface area contributed by atoms with Gasteiger partial charge in [-0.3, -0.25) is 4.79 Å². The van der Waals surface area contributed by atoms with Crippen LogP contribution >= 0.6 is 22.9 Å². The Morgan fingerprint density at radius 3 is 2.32 bits per heavy atom. The number of likely N-dealkylation sites (tertiary alicyclic amines) is 1. The SMILES string of the molecule is Cc1ccc(C)n1-c1sccc1C(=O)N1CCC(Oc2ccc(Cl)cc2)CC1. The Hall–Kier alpha value is -2.24. The average molecular weight is 415 g/mol. The van der Waals surface area contributed by atoms with Gasteiger partial charge in [-0.05, 0) is 61.7 Å². The highest BCUT2D eigenvalue weighted by Crippen LogP contribution is 2.28. The van der Waals surface area contributed by atoms with E-state index in [1.165, 1.54) is 0 Å². The predicted octanol–water partition coefficient (Wildman–Crippen LogP) is 5.49. The van der Waals surface area contributed by atoms with Crippen molar-refractivity contribution < 1.29 is 9.53 Å². The summed E-state index contributed by atoms with van der Waals surface area (Å²) in [7, 11) is 0. The van der Waals surface area contributed by atoms with E-state index in [2.05, 4.69) is 30.5 Å². The second-order valence-electron chi connectivity index (χ2n) is 7.15. The van der Waals surface area contributed by atoms with Gasteiger partial charge >= 0.3 is 0 Å². The summed E-state index contributed by atoms with van der Waals surface area (Å²) in [5.41, 5.74) is 3.07. The molecule has 28 heavy (non-hydrogen) atoms.